The Balaban J connectivity index is 2.03. The summed E-state index contributed by atoms with van der Waals surface area (Å²) in [6, 6.07) is 16.3. The Bertz CT molecular complexity index is 905. The first-order chi connectivity index (χ1) is 12.6. The maximum absolute atomic E-state index is 11.9. The maximum Gasteiger partial charge on any atom is 0.230 e. The SMILES string of the molecule is CCNC(=O)CSc1nnc(-c2ccccc2)n1-c1ccc(C)c(C)c1. The van der Waals surface area contributed by atoms with Crippen molar-refractivity contribution in [2.24, 2.45) is 0 Å². The zero-order valence-corrected chi connectivity index (χ0v) is 16.0. The largest absolute Gasteiger partial charge is 0.356 e. The summed E-state index contributed by atoms with van der Waals surface area (Å²) in [6.45, 7) is 6.72. The summed E-state index contributed by atoms with van der Waals surface area (Å²) in [7, 11) is 0. The van der Waals surface area contributed by atoms with Crippen LogP contribution in [0.5, 0.6) is 0 Å². The Labute approximate surface area is 157 Å². The molecule has 0 aliphatic carbocycles. The molecule has 134 valence electrons. The molecule has 1 heterocycles. The minimum absolute atomic E-state index is 0.00611. The minimum Gasteiger partial charge on any atom is -0.356 e. The number of thioether (sulfide) groups is 1. The van der Waals surface area contributed by atoms with Crippen LogP contribution in [0.1, 0.15) is 18.1 Å². The number of benzene rings is 2. The first-order valence-electron chi connectivity index (χ1n) is 8.58. The van der Waals surface area contributed by atoms with Gasteiger partial charge >= 0.3 is 0 Å². The first-order valence-corrected chi connectivity index (χ1v) is 9.56. The number of aryl methyl sites for hydroxylation is 2. The lowest BCUT2D eigenvalue weighted by atomic mass is 10.1. The van der Waals surface area contributed by atoms with E-state index in [0.717, 1.165) is 17.1 Å². The summed E-state index contributed by atoms with van der Waals surface area (Å²) in [4.78, 5) is 11.9. The molecule has 1 N–H and O–H groups in total. The lowest BCUT2D eigenvalue weighted by molar-refractivity contribution is -0.118. The highest BCUT2D eigenvalue weighted by molar-refractivity contribution is 7.99. The average Bonchev–Trinajstić information content (AvgIpc) is 3.07. The van der Waals surface area contributed by atoms with Crippen LogP contribution in [0.25, 0.3) is 17.1 Å². The lowest BCUT2D eigenvalue weighted by Crippen LogP contribution is -2.24. The zero-order chi connectivity index (χ0) is 18.5. The van der Waals surface area contributed by atoms with E-state index in [1.807, 2.05) is 41.8 Å². The summed E-state index contributed by atoms with van der Waals surface area (Å²) in [6.07, 6.45) is 0. The molecule has 0 saturated heterocycles. The summed E-state index contributed by atoms with van der Waals surface area (Å²) >= 11 is 1.39. The molecule has 0 aliphatic heterocycles. The number of rotatable bonds is 6. The van der Waals surface area contributed by atoms with Gasteiger partial charge in [0.25, 0.3) is 0 Å². The van der Waals surface area contributed by atoms with Crippen molar-refractivity contribution >= 4 is 17.7 Å². The first kappa shape index (κ1) is 18.2. The highest BCUT2D eigenvalue weighted by Crippen LogP contribution is 2.28. The fourth-order valence-corrected chi connectivity index (χ4v) is 3.40. The van der Waals surface area contributed by atoms with Crippen LogP contribution >= 0.6 is 11.8 Å². The highest BCUT2D eigenvalue weighted by Gasteiger charge is 2.17. The van der Waals surface area contributed by atoms with E-state index in [-0.39, 0.29) is 5.91 Å². The van der Waals surface area contributed by atoms with E-state index in [1.165, 1.54) is 22.9 Å². The maximum atomic E-state index is 11.9. The number of amides is 1. The molecular formula is C20H22N4OS. The fraction of sp³-hybridized carbons (Fsp3) is 0.250. The molecule has 1 aromatic heterocycles. The second-order valence-electron chi connectivity index (χ2n) is 6.02. The van der Waals surface area contributed by atoms with Crippen molar-refractivity contribution in [3.8, 4) is 17.1 Å². The molecule has 26 heavy (non-hydrogen) atoms. The third kappa shape index (κ3) is 3.96. The Morgan fingerprint density at radius 3 is 2.54 bits per heavy atom. The Kier molecular flexibility index (Phi) is 5.73. The quantitative estimate of drug-likeness (QED) is 0.675. The van der Waals surface area contributed by atoms with Gasteiger partial charge in [0, 0.05) is 12.1 Å². The van der Waals surface area contributed by atoms with Crippen LogP contribution in [-0.4, -0.2) is 33.0 Å². The molecule has 0 atom stereocenters. The lowest BCUT2D eigenvalue weighted by Gasteiger charge is -2.12. The van der Waals surface area contributed by atoms with Crippen LogP contribution in [0.2, 0.25) is 0 Å². The van der Waals surface area contributed by atoms with E-state index in [2.05, 4.69) is 47.6 Å². The Morgan fingerprint density at radius 2 is 1.85 bits per heavy atom. The van der Waals surface area contributed by atoms with Crippen molar-refractivity contribution in [2.75, 3.05) is 12.3 Å². The van der Waals surface area contributed by atoms with Crippen LogP contribution in [-0.2, 0) is 4.79 Å². The molecule has 3 rings (SSSR count). The molecule has 0 unspecified atom stereocenters. The minimum atomic E-state index is -0.00611. The van der Waals surface area contributed by atoms with Gasteiger partial charge in [0.1, 0.15) is 0 Å². The smallest absolute Gasteiger partial charge is 0.230 e. The molecular weight excluding hydrogens is 344 g/mol. The number of carbonyl (C=O) groups excluding carboxylic acids is 1. The van der Waals surface area contributed by atoms with Crippen molar-refractivity contribution < 1.29 is 4.79 Å². The van der Waals surface area contributed by atoms with Gasteiger partial charge in [-0.05, 0) is 44.0 Å². The third-order valence-electron chi connectivity index (χ3n) is 4.12. The molecule has 0 bridgehead atoms. The summed E-state index contributed by atoms with van der Waals surface area (Å²) in [5.41, 5.74) is 4.42. The van der Waals surface area contributed by atoms with E-state index in [4.69, 9.17) is 0 Å². The molecule has 3 aromatic rings. The number of hydrogen-bond acceptors (Lipinski definition) is 4. The molecule has 1 amide bonds. The Hall–Kier alpha value is -2.60. The van der Waals surface area contributed by atoms with Crippen molar-refractivity contribution in [1.82, 2.24) is 20.1 Å². The zero-order valence-electron chi connectivity index (χ0n) is 15.2. The molecule has 5 nitrogen and oxygen atoms in total. The summed E-state index contributed by atoms with van der Waals surface area (Å²) in [5.74, 6) is 1.08. The molecule has 2 aromatic carbocycles. The number of carbonyl (C=O) groups is 1. The highest BCUT2D eigenvalue weighted by atomic mass is 32.2. The van der Waals surface area contributed by atoms with Crippen LogP contribution < -0.4 is 5.32 Å². The van der Waals surface area contributed by atoms with Gasteiger partial charge in [-0.1, -0.05) is 48.2 Å². The predicted molar refractivity (Wildman–Crippen MR) is 106 cm³/mol. The molecule has 0 spiro atoms. The molecule has 0 fully saturated rings. The van der Waals surface area contributed by atoms with E-state index in [1.54, 1.807) is 0 Å². The van der Waals surface area contributed by atoms with Crippen LogP contribution in [0.4, 0.5) is 0 Å². The van der Waals surface area contributed by atoms with E-state index >= 15 is 0 Å². The summed E-state index contributed by atoms with van der Waals surface area (Å²) in [5, 5.41) is 12.3. The van der Waals surface area contributed by atoms with E-state index in [9.17, 15) is 4.79 Å². The van der Waals surface area contributed by atoms with Gasteiger partial charge in [-0.15, -0.1) is 10.2 Å². The monoisotopic (exact) mass is 366 g/mol. The second kappa shape index (κ2) is 8.19. The fourth-order valence-electron chi connectivity index (χ4n) is 2.61. The molecule has 0 saturated carbocycles. The van der Waals surface area contributed by atoms with Gasteiger partial charge < -0.3 is 5.32 Å². The van der Waals surface area contributed by atoms with Gasteiger partial charge in [-0.3, -0.25) is 9.36 Å². The van der Waals surface area contributed by atoms with Crippen LogP contribution in [0.15, 0.2) is 53.7 Å². The van der Waals surface area contributed by atoms with Crippen molar-refractivity contribution in [3.63, 3.8) is 0 Å². The van der Waals surface area contributed by atoms with Gasteiger partial charge in [0.05, 0.1) is 11.4 Å². The Morgan fingerprint density at radius 1 is 1.08 bits per heavy atom. The van der Waals surface area contributed by atoms with Crippen molar-refractivity contribution in [1.29, 1.82) is 0 Å². The topological polar surface area (TPSA) is 59.8 Å². The van der Waals surface area contributed by atoms with Gasteiger partial charge in [-0.2, -0.15) is 0 Å². The van der Waals surface area contributed by atoms with Gasteiger partial charge in [0.15, 0.2) is 11.0 Å². The second-order valence-corrected chi connectivity index (χ2v) is 6.96. The predicted octanol–water partition coefficient (Wildman–Crippen LogP) is 3.78. The van der Waals surface area contributed by atoms with Crippen LogP contribution in [0, 0.1) is 13.8 Å². The third-order valence-corrected chi connectivity index (χ3v) is 5.05. The normalized spacial score (nSPS) is 10.7. The molecule has 0 radical (unpaired) electrons. The number of aromatic nitrogens is 3. The van der Waals surface area contributed by atoms with E-state index in [0.29, 0.717) is 17.5 Å². The van der Waals surface area contributed by atoms with Gasteiger partial charge in [-0.25, -0.2) is 0 Å². The van der Waals surface area contributed by atoms with Crippen molar-refractivity contribution in [2.45, 2.75) is 25.9 Å². The average molecular weight is 366 g/mol. The van der Waals surface area contributed by atoms with Crippen molar-refractivity contribution in [3.05, 3.63) is 59.7 Å². The number of nitrogens with one attached hydrogen (secondary N) is 1. The van der Waals surface area contributed by atoms with E-state index < -0.39 is 0 Å². The van der Waals surface area contributed by atoms with Crippen LogP contribution in [0.3, 0.4) is 0 Å². The summed E-state index contributed by atoms with van der Waals surface area (Å²) < 4.78 is 2.02. The molecule has 0 aliphatic rings. The standard InChI is InChI=1S/C20H22N4OS/c1-4-21-18(25)13-26-20-23-22-19(16-8-6-5-7-9-16)24(20)17-11-10-14(2)15(3)12-17/h5-12H,4,13H2,1-3H3,(H,21,25). The number of hydrogen-bond donors (Lipinski definition) is 1. The number of nitrogens with zero attached hydrogens (tertiary/aromatic N) is 3. The van der Waals surface area contributed by atoms with Gasteiger partial charge in [0.2, 0.25) is 5.91 Å². The molecule has 6 heteroatoms.